The van der Waals surface area contributed by atoms with Crippen LogP contribution in [-0.2, 0) is 7.05 Å². The third kappa shape index (κ3) is 2.01. The van der Waals surface area contributed by atoms with Gasteiger partial charge in [-0.05, 0) is 12.1 Å². The van der Waals surface area contributed by atoms with Crippen LogP contribution in [0, 0.1) is 0 Å². The van der Waals surface area contributed by atoms with Crippen LogP contribution in [0.4, 0.5) is 0 Å². The Morgan fingerprint density at radius 3 is 2.94 bits per heavy atom. The molecular formula is C11H10ClN3O2. The van der Waals surface area contributed by atoms with Crippen LogP contribution in [0.2, 0.25) is 5.02 Å². The highest BCUT2D eigenvalue weighted by molar-refractivity contribution is 6.34. The van der Waals surface area contributed by atoms with Crippen LogP contribution in [0.25, 0.3) is 0 Å². The summed E-state index contributed by atoms with van der Waals surface area (Å²) in [4.78, 5) is 16.2. The topological polar surface area (TPSA) is 57.0 Å². The lowest BCUT2D eigenvalue weighted by molar-refractivity contribution is 0.102. The number of ether oxygens (including phenoxy) is 1. The lowest BCUT2D eigenvalue weighted by Gasteiger charge is -2.04. The highest BCUT2D eigenvalue weighted by atomic mass is 35.5. The Morgan fingerprint density at radius 1 is 1.53 bits per heavy atom. The van der Waals surface area contributed by atoms with Gasteiger partial charge in [-0.15, -0.1) is 0 Å². The van der Waals surface area contributed by atoms with Crippen LogP contribution >= 0.6 is 11.6 Å². The normalized spacial score (nSPS) is 10.3. The minimum absolute atomic E-state index is 0.191. The Bertz CT molecular complexity index is 566. The fourth-order valence-corrected chi connectivity index (χ4v) is 1.70. The van der Waals surface area contributed by atoms with Crippen molar-refractivity contribution < 1.29 is 9.53 Å². The SMILES string of the molecule is COc1cnn(C)c1C(=O)c1ncccc1Cl. The number of carbonyl (C=O) groups is 1. The number of aromatic nitrogens is 3. The molecule has 0 amide bonds. The molecule has 6 heteroatoms. The van der Waals surface area contributed by atoms with Gasteiger partial charge in [0.2, 0.25) is 5.78 Å². The van der Waals surface area contributed by atoms with Crippen molar-refractivity contribution in [2.24, 2.45) is 7.05 Å². The van der Waals surface area contributed by atoms with Crippen LogP contribution < -0.4 is 4.74 Å². The van der Waals surface area contributed by atoms with Crippen LogP contribution in [0.3, 0.4) is 0 Å². The van der Waals surface area contributed by atoms with Gasteiger partial charge in [0.25, 0.3) is 0 Å². The minimum atomic E-state index is -0.313. The second-order valence-corrected chi connectivity index (χ2v) is 3.76. The van der Waals surface area contributed by atoms with Crippen molar-refractivity contribution in [2.75, 3.05) is 7.11 Å². The highest BCUT2D eigenvalue weighted by Crippen LogP contribution is 2.22. The van der Waals surface area contributed by atoms with Crippen LogP contribution in [0.1, 0.15) is 16.2 Å². The number of carbonyl (C=O) groups excluding carboxylic acids is 1. The van der Waals surface area contributed by atoms with E-state index in [-0.39, 0.29) is 11.5 Å². The zero-order valence-corrected chi connectivity index (χ0v) is 10.1. The maximum Gasteiger partial charge on any atom is 0.234 e. The minimum Gasteiger partial charge on any atom is -0.493 e. The first kappa shape index (κ1) is 11.6. The monoisotopic (exact) mass is 251 g/mol. The predicted octanol–water partition coefficient (Wildman–Crippen LogP) is 1.71. The Labute approximate surface area is 103 Å². The third-order valence-electron chi connectivity index (χ3n) is 2.31. The summed E-state index contributed by atoms with van der Waals surface area (Å²) in [6, 6.07) is 3.28. The largest absolute Gasteiger partial charge is 0.493 e. The Morgan fingerprint density at radius 2 is 2.29 bits per heavy atom. The first-order valence-electron chi connectivity index (χ1n) is 4.86. The number of hydrogen-bond donors (Lipinski definition) is 0. The van der Waals surface area contributed by atoms with E-state index in [2.05, 4.69) is 10.1 Å². The Balaban J connectivity index is 2.51. The Hall–Kier alpha value is -1.88. The molecule has 88 valence electrons. The number of aryl methyl sites for hydroxylation is 1. The molecule has 2 rings (SSSR count). The van der Waals surface area contributed by atoms with Gasteiger partial charge in [-0.3, -0.25) is 14.5 Å². The van der Waals surface area contributed by atoms with E-state index in [9.17, 15) is 4.79 Å². The molecule has 0 radical (unpaired) electrons. The quantitative estimate of drug-likeness (QED) is 0.780. The number of methoxy groups -OCH3 is 1. The summed E-state index contributed by atoms with van der Waals surface area (Å²) in [5, 5.41) is 4.27. The molecule has 0 aliphatic rings. The number of hydrogen-bond acceptors (Lipinski definition) is 4. The van der Waals surface area contributed by atoms with E-state index in [0.29, 0.717) is 16.5 Å². The average Bonchev–Trinajstić information content (AvgIpc) is 2.70. The molecule has 2 aromatic rings. The maximum atomic E-state index is 12.2. The van der Waals surface area contributed by atoms with Crippen molar-refractivity contribution in [1.29, 1.82) is 0 Å². The molecule has 0 spiro atoms. The average molecular weight is 252 g/mol. The maximum absolute atomic E-state index is 12.2. The molecule has 0 unspecified atom stereocenters. The molecule has 0 bridgehead atoms. The second kappa shape index (κ2) is 4.55. The van der Waals surface area contributed by atoms with E-state index in [1.54, 1.807) is 19.2 Å². The smallest absolute Gasteiger partial charge is 0.234 e. The van der Waals surface area contributed by atoms with Gasteiger partial charge in [0.05, 0.1) is 18.3 Å². The molecule has 2 aromatic heterocycles. The number of halogens is 1. The van der Waals surface area contributed by atoms with Crippen molar-refractivity contribution in [2.45, 2.75) is 0 Å². The predicted molar refractivity (Wildman–Crippen MR) is 62.4 cm³/mol. The van der Waals surface area contributed by atoms with Crippen LogP contribution in [0.5, 0.6) is 5.75 Å². The lowest BCUT2D eigenvalue weighted by atomic mass is 10.2. The summed E-state index contributed by atoms with van der Waals surface area (Å²) in [6.45, 7) is 0. The van der Waals surface area contributed by atoms with E-state index in [0.717, 1.165) is 0 Å². The number of pyridine rings is 1. The molecule has 0 atom stereocenters. The molecule has 0 aliphatic heterocycles. The third-order valence-corrected chi connectivity index (χ3v) is 2.62. The standard InChI is InChI=1S/C11H10ClN3O2/c1-15-10(8(17-2)6-14-15)11(16)9-7(12)4-3-5-13-9/h3-6H,1-2H3. The molecule has 0 fully saturated rings. The summed E-state index contributed by atoms with van der Waals surface area (Å²) in [5.41, 5.74) is 0.518. The molecule has 0 saturated heterocycles. The van der Waals surface area contributed by atoms with Crippen molar-refractivity contribution in [1.82, 2.24) is 14.8 Å². The molecule has 17 heavy (non-hydrogen) atoms. The van der Waals surface area contributed by atoms with E-state index in [4.69, 9.17) is 16.3 Å². The lowest BCUT2D eigenvalue weighted by Crippen LogP contribution is -2.11. The first-order chi connectivity index (χ1) is 8.15. The second-order valence-electron chi connectivity index (χ2n) is 3.35. The van der Waals surface area contributed by atoms with Crippen molar-refractivity contribution in [3.05, 3.63) is 40.9 Å². The van der Waals surface area contributed by atoms with Crippen molar-refractivity contribution in [3.8, 4) is 5.75 Å². The number of rotatable bonds is 3. The van der Waals surface area contributed by atoms with Crippen LogP contribution in [0.15, 0.2) is 24.5 Å². The molecule has 0 N–H and O–H groups in total. The van der Waals surface area contributed by atoms with E-state index in [1.165, 1.54) is 24.2 Å². The summed E-state index contributed by atoms with van der Waals surface area (Å²) in [7, 11) is 3.14. The van der Waals surface area contributed by atoms with Gasteiger partial charge >= 0.3 is 0 Å². The number of nitrogens with zero attached hydrogens (tertiary/aromatic N) is 3. The van der Waals surface area contributed by atoms with Gasteiger partial charge in [-0.2, -0.15) is 5.10 Å². The molecule has 2 heterocycles. The van der Waals surface area contributed by atoms with Crippen LogP contribution in [-0.4, -0.2) is 27.7 Å². The van der Waals surface area contributed by atoms with Gasteiger partial charge in [0, 0.05) is 13.2 Å². The summed E-state index contributed by atoms with van der Waals surface area (Å²) >= 11 is 5.93. The van der Waals surface area contributed by atoms with Gasteiger partial charge in [-0.25, -0.2) is 0 Å². The molecule has 0 aliphatic carbocycles. The summed E-state index contributed by atoms with van der Waals surface area (Å²) < 4.78 is 6.51. The summed E-state index contributed by atoms with van der Waals surface area (Å²) in [5.74, 6) is 0.0895. The molecular weight excluding hydrogens is 242 g/mol. The number of ketones is 1. The summed E-state index contributed by atoms with van der Waals surface area (Å²) in [6.07, 6.45) is 2.99. The molecule has 0 saturated carbocycles. The van der Waals surface area contributed by atoms with Crippen molar-refractivity contribution >= 4 is 17.4 Å². The van der Waals surface area contributed by atoms with E-state index in [1.807, 2.05) is 0 Å². The van der Waals surface area contributed by atoms with Gasteiger partial charge in [-0.1, -0.05) is 11.6 Å². The fourth-order valence-electron chi connectivity index (χ4n) is 1.49. The van der Waals surface area contributed by atoms with Gasteiger partial charge in [0.15, 0.2) is 11.4 Å². The fraction of sp³-hybridized carbons (Fsp3) is 0.182. The zero-order chi connectivity index (χ0) is 12.4. The zero-order valence-electron chi connectivity index (χ0n) is 9.35. The molecule has 0 aromatic carbocycles. The Kier molecular flexibility index (Phi) is 3.10. The van der Waals surface area contributed by atoms with Crippen molar-refractivity contribution in [3.63, 3.8) is 0 Å². The van der Waals surface area contributed by atoms with Gasteiger partial charge < -0.3 is 4.74 Å². The first-order valence-corrected chi connectivity index (χ1v) is 5.24. The van der Waals surface area contributed by atoms with E-state index >= 15 is 0 Å². The van der Waals surface area contributed by atoms with Gasteiger partial charge in [0.1, 0.15) is 5.69 Å². The highest BCUT2D eigenvalue weighted by Gasteiger charge is 2.22. The van der Waals surface area contributed by atoms with E-state index < -0.39 is 0 Å². The molecule has 5 nitrogen and oxygen atoms in total.